The van der Waals surface area contributed by atoms with Crippen molar-refractivity contribution in [2.24, 2.45) is 11.8 Å². The highest BCUT2D eigenvalue weighted by Gasteiger charge is 2.38. The molecule has 0 aromatic heterocycles. The van der Waals surface area contributed by atoms with E-state index in [0.717, 1.165) is 6.42 Å². The monoisotopic (exact) mass is 283 g/mol. The van der Waals surface area contributed by atoms with E-state index >= 15 is 0 Å². The van der Waals surface area contributed by atoms with Gasteiger partial charge in [0.25, 0.3) is 5.69 Å². The Bertz CT molecular complexity index is 626. The Balaban J connectivity index is 2.40. The van der Waals surface area contributed by atoms with E-state index in [1.165, 1.54) is 24.3 Å². The van der Waals surface area contributed by atoms with Gasteiger partial charge in [0, 0.05) is 30.4 Å². The third-order valence-electron chi connectivity index (χ3n) is 3.91. The first-order valence-corrected chi connectivity index (χ1v) is 6.64. The Morgan fingerprint density at radius 1 is 1.24 bits per heavy atom. The van der Waals surface area contributed by atoms with E-state index in [2.05, 4.69) is 0 Å². The van der Waals surface area contributed by atoms with Gasteiger partial charge in [-0.3, -0.25) is 14.9 Å². The van der Waals surface area contributed by atoms with Crippen LogP contribution in [-0.4, -0.2) is 10.7 Å². The van der Waals surface area contributed by atoms with E-state index in [1.54, 1.807) is 0 Å². The fourth-order valence-corrected chi connectivity index (χ4v) is 2.89. The minimum Gasteiger partial charge on any atom is -0.299 e. The summed E-state index contributed by atoms with van der Waals surface area (Å²) in [4.78, 5) is 22.1. The van der Waals surface area contributed by atoms with Crippen molar-refractivity contribution < 1.29 is 9.72 Å². The van der Waals surface area contributed by atoms with Crippen molar-refractivity contribution in [1.82, 2.24) is 0 Å². The van der Waals surface area contributed by atoms with Crippen LogP contribution in [0.1, 0.15) is 30.7 Å². The highest BCUT2D eigenvalue weighted by atomic mass is 16.6. The molecule has 1 aromatic carbocycles. The predicted molar refractivity (Wildman–Crippen MR) is 72.9 cm³/mol. The number of carbonyl (C=O) groups excluding carboxylic acids is 1. The fraction of sp³-hybridized carbons (Fsp3) is 0.400. The maximum absolute atomic E-state index is 12.0. The van der Waals surface area contributed by atoms with Gasteiger partial charge in [-0.15, -0.1) is 0 Å². The molecule has 2 atom stereocenters. The molecule has 1 fully saturated rings. The topological polar surface area (TPSA) is 108 Å². The second kappa shape index (κ2) is 6.15. The van der Waals surface area contributed by atoms with Gasteiger partial charge in [-0.25, -0.2) is 0 Å². The summed E-state index contributed by atoms with van der Waals surface area (Å²) in [6, 6.07) is 9.63. The molecule has 0 saturated heterocycles. The predicted octanol–water partition coefficient (Wildman–Crippen LogP) is 2.71. The highest BCUT2D eigenvalue weighted by molar-refractivity contribution is 5.84. The molecule has 1 aliphatic carbocycles. The molecule has 2 rings (SSSR count). The number of nitro benzene ring substituents is 1. The Kier molecular flexibility index (Phi) is 4.30. The van der Waals surface area contributed by atoms with Gasteiger partial charge in [0.05, 0.1) is 17.1 Å². The zero-order chi connectivity index (χ0) is 15.4. The van der Waals surface area contributed by atoms with Crippen molar-refractivity contribution in [3.05, 3.63) is 39.9 Å². The molecule has 6 heteroatoms. The molecule has 0 N–H and O–H groups in total. The van der Waals surface area contributed by atoms with Gasteiger partial charge in [0.15, 0.2) is 0 Å². The number of ketones is 1. The lowest BCUT2D eigenvalue weighted by Gasteiger charge is -2.23. The zero-order valence-electron chi connectivity index (χ0n) is 11.2. The van der Waals surface area contributed by atoms with Crippen LogP contribution in [0, 0.1) is 44.6 Å². The second-order valence-electron chi connectivity index (χ2n) is 5.08. The van der Waals surface area contributed by atoms with Crippen molar-refractivity contribution in [3.63, 3.8) is 0 Å². The molecule has 106 valence electrons. The summed E-state index contributed by atoms with van der Waals surface area (Å²) in [7, 11) is 0. The van der Waals surface area contributed by atoms with Crippen LogP contribution in [0.4, 0.5) is 5.69 Å². The van der Waals surface area contributed by atoms with Crippen LogP contribution in [0.2, 0.25) is 0 Å². The molecule has 6 nitrogen and oxygen atoms in total. The second-order valence-corrected chi connectivity index (χ2v) is 5.08. The van der Waals surface area contributed by atoms with Crippen molar-refractivity contribution >= 4 is 11.5 Å². The number of carbonyl (C=O) groups is 1. The lowest BCUT2D eigenvalue weighted by molar-refractivity contribution is -0.384. The molecular weight excluding hydrogens is 270 g/mol. The van der Waals surface area contributed by atoms with Gasteiger partial charge in [0.1, 0.15) is 11.7 Å². The number of non-ortho nitro benzene ring substituents is 1. The van der Waals surface area contributed by atoms with E-state index in [-0.39, 0.29) is 17.4 Å². The van der Waals surface area contributed by atoms with Crippen LogP contribution in [0.25, 0.3) is 0 Å². The molecule has 0 spiro atoms. The molecular formula is C15H13N3O3. The molecule has 0 bridgehead atoms. The average molecular weight is 283 g/mol. The highest BCUT2D eigenvalue weighted by Crippen LogP contribution is 2.40. The van der Waals surface area contributed by atoms with Crippen LogP contribution < -0.4 is 0 Å². The van der Waals surface area contributed by atoms with Gasteiger partial charge in [-0.1, -0.05) is 12.1 Å². The van der Waals surface area contributed by atoms with Gasteiger partial charge in [0.2, 0.25) is 0 Å². The molecule has 2 unspecified atom stereocenters. The summed E-state index contributed by atoms with van der Waals surface area (Å²) in [6.07, 6.45) is 1.88. The summed E-state index contributed by atoms with van der Waals surface area (Å²) in [5.74, 6) is -1.74. The third-order valence-corrected chi connectivity index (χ3v) is 3.91. The first kappa shape index (κ1) is 14.7. The van der Waals surface area contributed by atoms with Crippen LogP contribution in [0.15, 0.2) is 24.3 Å². The number of nitriles is 2. The third kappa shape index (κ3) is 2.90. The summed E-state index contributed by atoms with van der Waals surface area (Å²) < 4.78 is 0. The van der Waals surface area contributed by atoms with Crippen molar-refractivity contribution in [2.45, 2.75) is 25.2 Å². The number of benzene rings is 1. The first-order valence-electron chi connectivity index (χ1n) is 6.64. The van der Waals surface area contributed by atoms with E-state index in [0.29, 0.717) is 18.4 Å². The minimum atomic E-state index is -0.932. The Morgan fingerprint density at radius 3 is 2.29 bits per heavy atom. The largest absolute Gasteiger partial charge is 0.299 e. The van der Waals surface area contributed by atoms with Gasteiger partial charge in [-0.2, -0.15) is 10.5 Å². The Morgan fingerprint density at radius 2 is 1.86 bits per heavy atom. The van der Waals surface area contributed by atoms with Crippen LogP contribution in [0.3, 0.4) is 0 Å². The molecule has 1 aromatic rings. The maximum Gasteiger partial charge on any atom is 0.269 e. The maximum atomic E-state index is 12.0. The summed E-state index contributed by atoms with van der Waals surface area (Å²) in [5.41, 5.74) is 0.578. The summed E-state index contributed by atoms with van der Waals surface area (Å²) >= 11 is 0. The van der Waals surface area contributed by atoms with E-state index < -0.39 is 16.8 Å². The summed E-state index contributed by atoms with van der Waals surface area (Å²) in [6.45, 7) is 0. The lowest BCUT2D eigenvalue weighted by Crippen LogP contribution is -2.23. The lowest BCUT2D eigenvalue weighted by atomic mass is 9.76. The molecule has 1 aliphatic rings. The smallest absolute Gasteiger partial charge is 0.269 e. The normalized spacial score (nSPS) is 19.0. The number of hydrogen-bond donors (Lipinski definition) is 0. The molecule has 0 heterocycles. The van der Waals surface area contributed by atoms with Gasteiger partial charge >= 0.3 is 0 Å². The molecule has 21 heavy (non-hydrogen) atoms. The number of nitrogens with zero attached hydrogens (tertiary/aromatic N) is 3. The fourth-order valence-electron chi connectivity index (χ4n) is 2.89. The van der Waals surface area contributed by atoms with Crippen molar-refractivity contribution in [3.8, 4) is 12.1 Å². The van der Waals surface area contributed by atoms with Crippen molar-refractivity contribution in [1.29, 1.82) is 10.5 Å². The molecule has 0 amide bonds. The van der Waals surface area contributed by atoms with Gasteiger partial charge in [-0.05, 0) is 18.4 Å². The van der Waals surface area contributed by atoms with Crippen molar-refractivity contribution in [2.75, 3.05) is 0 Å². The average Bonchev–Trinajstić information content (AvgIpc) is 2.90. The first-order chi connectivity index (χ1) is 10.1. The van der Waals surface area contributed by atoms with E-state index in [1.807, 2.05) is 12.1 Å². The molecule has 0 aliphatic heterocycles. The Hall–Kier alpha value is -2.73. The number of hydrogen-bond acceptors (Lipinski definition) is 5. The summed E-state index contributed by atoms with van der Waals surface area (Å²) in [5, 5.41) is 29.0. The van der Waals surface area contributed by atoms with E-state index in [4.69, 9.17) is 10.5 Å². The standard InChI is InChI=1S/C15H13N3O3/c16-8-11(9-17)15(13-2-1-3-14(13)19)10-4-6-12(7-5-10)18(20)21/h4-7,11,13,15H,1-3H2. The zero-order valence-corrected chi connectivity index (χ0v) is 11.2. The Labute approximate surface area is 121 Å². The van der Waals surface area contributed by atoms with Gasteiger partial charge < -0.3 is 0 Å². The number of Topliss-reactive ketones (excluding diaryl/α,β-unsaturated/α-hetero) is 1. The van der Waals surface area contributed by atoms with Crippen LogP contribution in [-0.2, 0) is 4.79 Å². The molecule has 1 saturated carbocycles. The number of nitro groups is 1. The number of rotatable bonds is 4. The SMILES string of the molecule is N#CC(C#N)C(c1ccc([N+](=O)[O-])cc1)C1CCCC1=O. The van der Waals surface area contributed by atoms with Crippen LogP contribution >= 0.6 is 0 Å². The van der Waals surface area contributed by atoms with E-state index in [9.17, 15) is 14.9 Å². The minimum absolute atomic E-state index is 0.0549. The van der Waals surface area contributed by atoms with Crippen LogP contribution in [0.5, 0.6) is 0 Å². The quantitative estimate of drug-likeness (QED) is 0.623. The molecule has 0 radical (unpaired) electrons.